The normalized spacial score (nSPS) is 10.4. The zero-order chi connectivity index (χ0) is 11.7. The van der Waals surface area contributed by atoms with Gasteiger partial charge in [0.2, 0.25) is 0 Å². The van der Waals surface area contributed by atoms with Crippen LogP contribution in [0.2, 0.25) is 10.0 Å². The van der Waals surface area contributed by atoms with E-state index in [2.05, 4.69) is 4.98 Å². The fourth-order valence-electron chi connectivity index (χ4n) is 1.22. The van der Waals surface area contributed by atoms with Gasteiger partial charge in [0.15, 0.2) is 5.78 Å². The Labute approximate surface area is 107 Å². The first-order valence-electron chi connectivity index (χ1n) is 4.50. The van der Waals surface area contributed by atoms with Crippen molar-refractivity contribution in [3.8, 4) is 10.6 Å². The Morgan fingerprint density at radius 1 is 1.38 bits per heavy atom. The Morgan fingerprint density at radius 2 is 2.12 bits per heavy atom. The third kappa shape index (κ3) is 2.26. The summed E-state index contributed by atoms with van der Waals surface area (Å²) in [5.41, 5.74) is 1.26. The number of thiazole rings is 1. The lowest BCUT2D eigenvalue weighted by atomic mass is 10.2. The van der Waals surface area contributed by atoms with Crippen LogP contribution in [0.3, 0.4) is 0 Å². The number of carbonyl (C=O) groups is 1. The van der Waals surface area contributed by atoms with Crippen molar-refractivity contribution < 1.29 is 4.79 Å². The fourth-order valence-corrected chi connectivity index (χ4v) is 2.67. The molecular weight excluding hydrogens is 265 g/mol. The molecule has 0 saturated carbocycles. The summed E-state index contributed by atoms with van der Waals surface area (Å²) in [6.45, 7) is 1.49. The van der Waals surface area contributed by atoms with Crippen LogP contribution in [0, 0.1) is 0 Å². The zero-order valence-electron chi connectivity index (χ0n) is 8.33. The topological polar surface area (TPSA) is 30.0 Å². The van der Waals surface area contributed by atoms with E-state index in [1.165, 1.54) is 18.3 Å². The SMILES string of the molecule is CC(=O)c1csc(-c2ccc(Cl)cc2Cl)n1. The molecule has 82 valence electrons. The molecule has 0 aliphatic rings. The van der Waals surface area contributed by atoms with Crippen molar-refractivity contribution in [1.29, 1.82) is 0 Å². The Kier molecular flexibility index (Phi) is 3.28. The first-order chi connectivity index (χ1) is 7.58. The first kappa shape index (κ1) is 11.6. The summed E-state index contributed by atoms with van der Waals surface area (Å²) >= 11 is 13.2. The molecule has 2 nitrogen and oxygen atoms in total. The van der Waals surface area contributed by atoms with Crippen LogP contribution in [-0.2, 0) is 0 Å². The highest BCUT2D eigenvalue weighted by Crippen LogP contribution is 2.32. The van der Waals surface area contributed by atoms with Crippen molar-refractivity contribution in [3.63, 3.8) is 0 Å². The monoisotopic (exact) mass is 271 g/mol. The highest BCUT2D eigenvalue weighted by molar-refractivity contribution is 7.13. The lowest BCUT2D eigenvalue weighted by Crippen LogP contribution is -1.91. The second-order valence-corrected chi connectivity index (χ2v) is 4.92. The van der Waals surface area contributed by atoms with E-state index in [1.54, 1.807) is 23.6 Å². The minimum absolute atomic E-state index is 0.0485. The summed E-state index contributed by atoms with van der Waals surface area (Å²) in [7, 11) is 0. The van der Waals surface area contributed by atoms with E-state index >= 15 is 0 Å². The Balaban J connectivity index is 2.46. The molecule has 0 saturated heterocycles. The van der Waals surface area contributed by atoms with Crippen LogP contribution < -0.4 is 0 Å². The van der Waals surface area contributed by atoms with Crippen LogP contribution in [0.4, 0.5) is 0 Å². The van der Waals surface area contributed by atoms with Gasteiger partial charge in [-0.25, -0.2) is 4.98 Å². The highest BCUT2D eigenvalue weighted by atomic mass is 35.5. The standard InChI is InChI=1S/C11H7Cl2NOS/c1-6(15)10-5-16-11(14-10)8-3-2-7(12)4-9(8)13/h2-5H,1H3. The van der Waals surface area contributed by atoms with Crippen LogP contribution in [0.5, 0.6) is 0 Å². The lowest BCUT2D eigenvalue weighted by molar-refractivity contribution is 0.101. The van der Waals surface area contributed by atoms with Gasteiger partial charge < -0.3 is 0 Å². The van der Waals surface area contributed by atoms with Crippen molar-refractivity contribution in [2.45, 2.75) is 6.92 Å². The van der Waals surface area contributed by atoms with Crippen LogP contribution in [-0.4, -0.2) is 10.8 Å². The molecule has 0 N–H and O–H groups in total. The molecule has 16 heavy (non-hydrogen) atoms. The predicted molar refractivity (Wildman–Crippen MR) is 67.6 cm³/mol. The summed E-state index contributed by atoms with van der Waals surface area (Å²) < 4.78 is 0. The predicted octanol–water partition coefficient (Wildman–Crippen LogP) is 4.32. The number of halogens is 2. The molecule has 1 aromatic heterocycles. The fraction of sp³-hybridized carbons (Fsp3) is 0.0909. The van der Waals surface area contributed by atoms with Crippen LogP contribution >= 0.6 is 34.5 Å². The second-order valence-electron chi connectivity index (χ2n) is 3.22. The van der Waals surface area contributed by atoms with E-state index in [9.17, 15) is 4.79 Å². The van der Waals surface area contributed by atoms with Crippen LogP contribution in [0.15, 0.2) is 23.6 Å². The Morgan fingerprint density at radius 3 is 2.69 bits per heavy atom. The summed E-state index contributed by atoms with van der Waals surface area (Å²) in [6, 6.07) is 5.21. The molecule has 0 unspecified atom stereocenters. The van der Waals surface area contributed by atoms with Crippen LogP contribution in [0.1, 0.15) is 17.4 Å². The maximum atomic E-state index is 11.1. The minimum Gasteiger partial charge on any atom is -0.293 e. The zero-order valence-corrected chi connectivity index (χ0v) is 10.7. The molecule has 0 radical (unpaired) electrons. The molecule has 2 aromatic rings. The van der Waals surface area contributed by atoms with Gasteiger partial charge in [-0.05, 0) is 18.2 Å². The van der Waals surface area contributed by atoms with E-state index in [0.29, 0.717) is 15.7 Å². The van der Waals surface area contributed by atoms with Crippen molar-refractivity contribution >= 4 is 40.3 Å². The molecule has 0 bridgehead atoms. The second kappa shape index (κ2) is 4.53. The number of rotatable bonds is 2. The van der Waals surface area contributed by atoms with Gasteiger partial charge in [0.05, 0.1) is 5.02 Å². The largest absolute Gasteiger partial charge is 0.293 e. The summed E-state index contributed by atoms with van der Waals surface area (Å²) in [4.78, 5) is 15.3. The van der Waals surface area contributed by atoms with Crippen molar-refractivity contribution in [2.24, 2.45) is 0 Å². The molecule has 0 aliphatic heterocycles. The van der Waals surface area contributed by atoms with E-state index in [-0.39, 0.29) is 5.78 Å². The van der Waals surface area contributed by atoms with Crippen molar-refractivity contribution in [2.75, 3.05) is 0 Å². The molecular formula is C11H7Cl2NOS. The van der Waals surface area contributed by atoms with Crippen LogP contribution in [0.25, 0.3) is 10.6 Å². The van der Waals surface area contributed by atoms with Gasteiger partial charge in [0, 0.05) is 22.9 Å². The molecule has 0 amide bonds. The molecule has 5 heteroatoms. The number of aromatic nitrogens is 1. The van der Waals surface area contributed by atoms with Crippen molar-refractivity contribution in [3.05, 3.63) is 39.3 Å². The van der Waals surface area contributed by atoms with Gasteiger partial charge >= 0.3 is 0 Å². The molecule has 0 fully saturated rings. The number of hydrogen-bond donors (Lipinski definition) is 0. The van der Waals surface area contributed by atoms with Gasteiger partial charge in [0.25, 0.3) is 0 Å². The third-order valence-electron chi connectivity index (χ3n) is 2.03. The molecule has 1 aromatic carbocycles. The number of Topliss-reactive ketones (excluding diaryl/α,β-unsaturated/α-hetero) is 1. The van der Waals surface area contributed by atoms with E-state index in [0.717, 1.165) is 10.6 Å². The van der Waals surface area contributed by atoms with Gasteiger partial charge in [-0.1, -0.05) is 23.2 Å². The molecule has 2 rings (SSSR count). The molecule has 0 spiro atoms. The lowest BCUT2D eigenvalue weighted by Gasteiger charge is -2.00. The van der Waals surface area contributed by atoms with E-state index < -0.39 is 0 Å². The average molecular weight is 272 g/mol. The number of carbonyl (C=O) groups excluding carboxylic acids is 1. The Bertz CT molecular complexity index is 551. The van der Waals surface area contributed by atoms with Gasteiger partial charge in [0.1, 0.15) is 10.7 Å². The number of ketones is 1. The minimum atomic E-state index is -0.0485. The molecule has 1 heterocycles. The highest BCUT2D eigenvalue weighted by Gasteiger charge is 2.10. The molecule has 0 aliphatic carbocycles. The average Bonchev–Trinajstić information content (AvgIpc) is 2.66. The van der Waals surface area contributed by atoms with E-state index in [1.807, 2.05) is 0 Å². The number of benzene rings is 1. The van der Waals surface area contributed by atoms with Gasteiger partial charge in [-0.2, -0.15) is 0 Å². The number of nitrogens with zero attached hydrogens (tertiary/aromatic N) is 1. The van der Waals surface area contributed by atoms with Crippen molar-refractivity contribution in [1.82, 2.24) is 4.98 Å². The van der Waals surface area contributed by atoms with Gasteiger partial charge in [-0.15, -0.1) is 11.3 Å². The molecule has 0 atom stereocenters. The maximum absolute atomic E-state index is 11.1. The summed E-state index contributed by atoms with van der Waals surface area (Å²) in [6.07, 6.45) is 0. The number of hydrogen-bond acceptors (Lipinski definition) is 3. The van der Waals surface area contributed by atoms with E-state index in [4.69, 9.17) is 23.2 Å². The Hall–Kier alpha value is -0.900. The summed E-state index contributed by atoms with van der Waals surface area (Å²) in [5.74, 6) is -0.0485. The third-order valence-corrected chi connectivity index (χ3v) is 3.45. The maximum Gasteiger partial charge on any atom is 0.178 e. The van der Waals surface area contributed by atoms with Gasteiger partial charge in [-0.3, -0.25) is 4.79 Å². The quantitative estimate of drug-likeness (QED) is 0.762. The smallest absolute Gasteiger partial charge is 0.178 e. The first-order valence-corrected chi connectivity index (χ1v) is 6.13. The summed E-state index contributed by atoms with van der Waals surface area (Å²) in [5, 5.41) is 3.57.